The highest BCUT2D eigenvalue weighted by molar-refractivity contribution is 6.04. The van der Waals surface area contributed by atoms with Crippen molar-refractivity contribution in [1.29, 1.82) is 0 Å². The van der Waals surface area contributed by atoms with Crippen LogP contribution in [0.4, 0.5) is 15.9 Å². The monoisotopic (exact) mass is 394 g/mol. The lowest BCUT2D eigenvalue weighted by atomic mass is 10.2. The largest absolute Gasteiger partial charge is 0.383 e. The van der Waals surface area contributed by atoms with Gasteiger partial charge >= 0.3 is 5.69 Å². The molecule has 1 heterocycles. The van der Waals surface area contributed by atoms with Gasteiger partial charge in [-0.05, 0) is 17.7 Å². The van der Waals surface area contributed by atoms with E-state index in [1.165, 1.54) is 35.9 Å². The highest BCUT2D eigenvalue weighted by Crippen LogP contribution is 2.17. The summed E-state index contributed by atoms with van der Waals surface area (Å²) >= 11 is 0. The number of aromatic nitrogens is 2. The van der Waals surface area contributed by atoms with E-state index in [1.54, 1.807) is 6.07 Å². The number of hydrogen-bond acceptors (Lipinski definition) is 4. The molecule has 1 aromatic heterocycles. The summed E-state index contributed by atoms with van der Waals surface area (Å²) in [5, 5.41) is 0. The smallest absolute Gasteiger partial charge is 0.330 e. The van der Waals surface area contributed by atoms with E-state index in [9.17, 15) is 18.8 Å². The van der Waals surface area contributed by atoms with E-state index in [0.29, 0.717) is 0 Å². The van der Waals surface area contributed by atoms with Gasteiger partial charge < -0.3 is 10.6 Å². The number of nitrogens with two attached hydrogens (primary N) is 1. The maximum absolute atomic E-state index is 13.7. The zero-order chi connectivity index (χ0) is 21.0. The van der Waals surface area contributed by atoms with Crippen molar-refractivity contribution in [3.8, 4) is 0 Å². The van der Waals surface area contributed by atoms with E-state index >= 15 is 0 Å². The molecule has 0 atom stereocenters. The zero-order valence-corrected chi connectivity index (χ0v) is 15.6. The van der Waals surface area contributed by atoms with Crippen LogP contribution in [0.1, 0.15) is 11.1 Å². The molecule has 0 aliphatic heterocycles. The molecule has 29 heavy (non-hydrogen) atoms. The van der Waals surface area contributed by atoms with Gasteiger partial charge in [-0.25, -0.2) is 9.18 Å². The molecule has 7 nitrogen and oxygen atoms in total. The predicted octanol–water partition coefficient (Wildman–Crippen LogP) is 1.98. The molecule has 0 aliphatic rings. The summed E-state index contributed by atoms with van der Waals surface area (Å²) in [5.74, 6) is -1.22. The van der Waals surface area contributed by atoms with E-state index in [-0.39, 0.29) is 23.6 Å². The lowest BCUT2D eigenvalue weighted by molar-refractivity contribution is -0.113. The summed E-state index contributed by atoms with van der Waals surface area (Å²) in [6.45, 7) is 0.127. The fourth-order valence-electron chi connectivity index (χ4n) is 2.82. The molecule has 0 aliphatic carbocycles. The Morgan fingerprint density at radius 3 is 2.48 bits per heavy atom. The minimum atomic E-state index is -0.785. The average Bonchev–Trinajstić information content (AvgIpc) is 2.71. The number of anilines is 2. The van der Waals surface area contributed by atoms with Gasteiger partial charge in [0.2, 0.25) is 0 Å². The highest BCUT2D eigenvalue weighted by atomic mass is 19.1. The first-order valence-corrected chi connectivity index (χ1v) is 8.75. The van der Waals surface area contributed by atoms with E-state index in [1.807, 2.05) is 30.3 Å². The van der Waals surface area contributed by atoms with Gasteiger partial charge in [-0.15, -0.1) is 0 Å². The Hall–Kier alpha value is -3.94. The van der Waals surface area contributed by atoms with Crippen molar-refractivity contribution in [2.45, 2.75) is 6.54 Å². The van der Waals surface area contributed by atoms with Crippen molar-refractivity contribution in [2.24, 2.45) is 0 Å². The average molecular weight is 394 g/mol. The molecule has 0 saturated carbocycles. The second-order valence-electron chi connectivity index (χ2n) is 6.32. The maximum atomic E-state index is 13.7. The first-order chi connectivity index (χ1) is 13.9. The molecule has 0 fully saturated rings. The second-order valence-corrected chi connectivity index (χ2v) is 6.32. The molecule has 0 saturated heterocycles. The lowest BCUT2D eigenvalue weighted by Gasteiger charge is -2.19. The number of benzene rings is 2. The number of rotatable bonds is 5. The summed E-state index contributed by atoms with van der Waals surface area (Å²) in [4.78, 5) is 40.2. The molecule has 8 heteroatoms. The van der Waals surface area contributed by atoms with Crippen molar-refractivity contribution < 1.29 is 9.18 Å². The summed E-state index contributed by atoms with van der Waals surface area (Å²) in [7, 11) is 1.35. The number of halogens is 1. The number of aromatic amines is 1. The standard InChI is InChI=1S/C21H19FN4O3/c1-25(17(27)12-11-15-9-5-6-10-16(15)22)18-19(23)26(21(29)24-20(18)28)13-14-7-3-2-4-8-14/h2-12H,13,23H2,1H3,(H,24,28,29)/b12-11+. The summed E-state index contributed by atoms with van der Waals surface area (Å²) in [6.07, 6.45) is 2.43. The first kappa shape index (κ1) is 19.8. The van der Waals surface area contributed by atoms with Crippen molar-refractivity contribution >= 4 is 23.5 Å². The third-order valence-corrected chi connectivity index (χ3v) is 4.37. The SMILES string of the molecule is CN(C(=O)/C=C/c1ccccc1F)c1c(N)n(Cc2ccccc2)c(=O)[nH]c1=O. The quantitative estimate of drug-likeness (QED) is 0.646. The molecule has 2 aromatic carbocycles. The summed E-state index contributed by atoms with van der Waals surface area (Å²) in [6, 6.07) is 15.0. The van der Waals surface area contributed by atoms with Crippen molar-refractivity contribution in [2.75, 3.05) is 17.7 Å². The minimum absolute atomic E-state index is 0.127. The second kappa shape index (κ2) is 8.39. The van der Waals surface area contributed by atoms with Gasteiger partial charge in [-0.3, -0.25) is 19.1 Å². The number of nitrogens with zero attached hydrogens (tertiary/aromatic N) is 2. The van der Waals surface area contributed by atoms with Crippen LogP contribution in [-0.4, -0.2) is 22.5 Å². The van der Waals surface area contributed by atoms with E-state index < -0.39 is 23.0 Å². The van der Waals surface area contributed by atoms with Gasteiger partial charge in [0.1, 0.15) is 11.6 Å². The number of H-pyrrole nitrogens is 1. The zero-order valence-electron chi connectivity index (χ0n) is 15.6. The Morgan fingerprint density at radius 2 is 1.79 bits per heavy atom. The van der Waals surface area contributed by atoms with Crippen molar-refractivity contribution in [3.05, 3.63) is 98.5 Å². The molecule has 148 valence electrons. The number of likely N-dealkylation sites (N-methyl/N-ethyl adjacent to an activating group) is 1. The Morgan fingerprint density at radius 1 is 1.14 bits per heavy atom. The van der Waals surface area contributed by atoms with Gasteiger partial charge in [-0.2, -0.15) is 0 Å². The van der Waals surface area contributed by atoms with Crippen LogP contribution < -0.4 is 21.9 Å². The van der Waals surface area contributed by atoms with Gasteiger partial charge in [0.15, 0.2) is 5.69 Å². The Kier molecular flexibility index (Phi) is 5.73. The Balaban J connectivity index is 1.94. The number of carbonyl (C=O) groups excluding carboxylic acids is 1. The molecule has 3 rings (SSSR count). The topological polar surface area (TPSA) is 101 Å². The number of carbonyl (C=O) groups is 1. The first-order valence-electron chi connectivity index (χ1n) is 8.75. The fourth-order valence-corrected chi connectivity index (χ4v) is 2.82. The Labute approximate surface area is 165 Å². The van der Waals surface area contributed by atoms with Crippen LogP contribution in [0.5, 0.6) is 0 Å². The highest BCUT2D eigenvalue weighted by Gasteiger charge is 2.19. The predicted molar refractivity (Wildman–Crippen MR) is 110 cm³/mol. The van der Waals surface area contributed by atoms with Crippen molar-refractivity contribution in [1.82, 2.24) is 9.55 Å². The lowest BCUT2D eigenvalue weighted by Crippen LogP contribution is -2.39. The fraction of sp³-hybridized carbons (Fsp3) is 0.0952. The Bertz CT molecular complexity index is 1180. The molecule has 3 aromatic rings. The van der Waals surface area contributed by atoms with Gasteiger partial charge in [0.25, 0.3) is 11.5 Å². The van der Waals surface area contributed by atoms with E-state index in [0.717, 1.165) is 16.5 Å². The number of nitrogen functional groups attached to an aromatic ring is 1. The van der Waals surface area contributed by atoms with Crippen LogP contribution in [-0.2, 0) is 11.3 Å². The van der Waals surface area contributed by atoms with Gasteiger partial charge in [-0.1, -0.05) is 48.5 Å². The summed E-state index contributed by atoms with van der Waals surface area (Å²) in [5.41, 5.74) is 5.47. The number of nitrogens with one attached hydrogen (secondary N) is 1. The van der Waals surface area contributed by atoms with Crippen LogP contribution in [0.15, 0.2) is 70.3 Å². The van der Waals surface area contributed by atoms with Crippen molar-refractivity contribution in [3.63, 3.8) is 0 Å². The molecule has 0 spiro atoms. The van der Waals surface area contributed by atoms with E-state index in [2.05, 4.69) is 4.98 Å². The van der Waals surface area contributed by atoms with Crippen LogP contribution in [0.3, 0.4) is 0 Å². The molecule has 0 unspecified atom stereocenters. The molecule has 3 N–H and O–H groups in total. The van der Waals surface area contributed by atoms with Gasteiger partial charge in [0.05, 0.1) is 6.54 Å². The minimum Gasteiger partial charge on any atom is -0.383 e. The van der Waals surface area contributed by atoms with Crippen LogP contribution >= 0.6 is 0 Å². The molecule has 1 amide bonds. The van der Waals surface area contributed by atoms with Crippen LogP contribution in [0.25, 0.3) is 6.08 Å². The normalized spacial score (nSPS) is 11.0. The van der Waals surface area contributed by atoms with Crippen LogP contribution in [0.2, 0.25) is 0 Å². The van der Waals surface area contributed by atoms with E-state index in [4.69, 9.17) is 5.73 Å². The molecule has 0 bridgehead atoms. The maximum Gasteiger partial charge on any atom is 0.330 e. The third-order valence-electron chi connectivity index (χ3n) is 4.37. The van der Waals surface area contributed by atoms with Crippen LogP contribution in [0, 0.1) is 5.82 Å². The molecule has 0 radical (unpaired) electrons. The third kappa shape index (κ3) is 4.32. The number of amides is 1. The molecular formula is C21H19FN4O3. The summed E-state index contributed by atoms with van der Waals surface area (Å²) < 4.78 is 14.9. The molecular weight excluding hydrogens is 375 g/mol. The van der Waals surface area contributed by atoms with Gasteiger partial charge in [0, 0.05) is 18.7 Å². The number of hydrogen-bond donors (Lipinski definition) is 2.